The van der Waals surface area contributed by atoms with E-state index in [2.05, 4.69) is 5.32 Å². The van der Waals surface area contributed by atoms with Crippen molar-refractivity contribution < 1.29 is 4.79 Å². The van der Waals surface area contributed by atoms with E-state index in [0.29, 0.717) is 6.42 Å². The summed E-state index contributed by atoms with van der Waals surface area (Å²) in [6, 6.07) is 0. The van der Waals surface area contributed by atoms with Crippen molar-refractivity contribution in [2.75, 3.05) is 6.26 Å². The zero-order valence-electron chi connectivity index (χ0n) is 4.40. The first-order chi connectivity index (χ1) is 3.66. The average Bonchev–Trinajstić information content (AvgIpc) is 1.63. The summed E-state index contributed by atoms with van der Waals surface area (Å²) in [5.74, 6) is 0.0364. The Kier molecular flexibility index (Phi) is 1.41. The fourth-order valence-electron chi connectivity index (χ4n) is 0.520. The number of β-lactam (4-membered cyclic amide) rings is 1. The zero-order valence-corrected chi connectivity index (χ0v) is 5.97. The second-order valence-electron chi connectivity index (χ2n) is 1.66. The second kappa shape index (κ2) is 1.81. The van der Waals surface area contributed by atoms with Crippen LogP contribution < -0.4 is 5.32 Å². The van der Waals surface area contributed by atoms with Gasteiger partial charge in [0.2, 0.25) is 5.91 Å². The minimum absolute atomic E-state index is 0.0364. The molecule has 1 heterocycles. The van der Waals surface area contributed by atoms with E-state index in [1.54, 1.807) is 0 Å². The molecule has 1 rings (SSSR count). The normalized spacial score (nSPS) is 36.0. The molecule has 1 saturated heterocycles. The lowest BCUT2D eigenvalue weighted by Crippen LogP contribution is -2.54. The van der Waals surface area contributed by atoms with E-state index in [0.717, 1.165) is 0 Å². The minimum atomic E-state index is -0.475. The van der Waals surface area contributed by atoms with Gasteiger partial charge >= 0.3 is 0 Å². The molecule has 0 radical (unpaired) electrons. The summed E-state index contributed by atoms with van der Waals surface area (Å²) in [4.78, 5) is 10.3. The lowest BCUT2D eigenvalue weighted by atomic mass is 10.3. The Hall–Kier alpha value is 0.110. The third kappa shape index (κ3) is 0.928. The standard InChI is InChI=1S/C4H6ClNOS/c1-8-4(5)2-3(7)6-4/h2H2,1H3,(H,6,7). The van der Waals surface area contributed by atoms with Crippen molar-refractivity contribution in [3.8, 4) is 0 Å². The maximum Gasteiger partial charge on any atom is 0.226 e. The second-order valence-corrected chi connectivity index (χ2v) is 3.63. The van der Waals surface area contributed by atoms with Gasteiger partial charge in [0, 0.05) is 0 Å². The molecule has 1 atom stereocenters. The molecule has 1 amide bonds. The molecule has 46 valence electrons. The Labute approximate surface area is 57.0 Å². The Balaban J connectivity index is 2.40. The van der Waals surface area contributed by atoms with Crippen molar-refractivity contribution in [1.82, 2.24) is 5.32 Å². The molecule has 4 heteroatoms. The van der Waals surface area contributed by atoms with Gasteiger partial charge in [0.1, 0.15) is 0 Å². The van der Waals surface area contributed by atoms with Gasteiger partial charge in [0.15, 0.2) is 4.33 Å². The van der Waals surface area contributed by atoms with Crippen LogP contribution in [0, 0.1) is 0 Å². The van der Waals surface area contributed by atoms with Crippen LogP contribution in [0.25, 0.3) is 0 Å². The highest BCUT2D eigenvalue weighted by atomic mass is 35.5. The molecule has 1 N–H and O–H groups in total. The van der Waals surface area contributed by atoms with Crippen molar-refractivity contribution in [2.45, 2.75) is 10.8 Å². The molecule has 0 saturated carbocycles. The van der Waals surface area contributed by atoms with Crippen LogP contribution in [0.4, 0.5) is 0 Å². The summed E-state index contributed by atoms with van der Waals surface area (Å²) in [7, 11) is 0. The first kappa shape index (κ1) is 6.23. The van der Waals surface area contributed by atoms with E-state index in [9.17, 15) is 4.79 Å². The summed E-state index contributed by atoms with van der Waals surface area (Å²) in [5, 5.41) is 2.56. The van der Waals surface area contributed by atoms with Crippen LogP contribution in [-0.4, -0.2) is 16.5 Å². The Bertz CT molecular complexity index is 119. The fraction of sp³-hybridized carbons (Fsp3) is 0.750. The summed E-state index contributed by atoms with van der Waals surface area (Å²) in [6.07, 6.45) is 2.31. The third-order valence-electron chi connectivity index (χ3n) is 1.04. The summed E-state index contributed by atoms with van der Waals surface area (Å²) < 4.78 is -0.475. The fourth-order valence-corrected chi connectivity index (χ4v) is 1.24. The first-order valence-electron chi connectivity index (χ1n) is 2.21. The average molecular weight is 152 g/mol. The molecule has 0 aromatic heterocycles. The highest BCUT2D eigenvalue weighted by Gasteiger charge is 2.39. The van der Waals surface area contributed by atoms with Gasteiger partial charge in [0.05, 0.1) is 6.42 Å². The number of amides is 1. The van der Waals surface area contributed by atoms with Crippen molar-refractivity contribution in [3.63, 3.8) is 0 Å². The molecular weight excluding hydrogens is 146 g/mol. The number of hydrogen-bond donors (Lipinski definition) is 1. The summed E-state index contributed by atoms with van der Waals surface area (Å²) in [6.45, 7) is 0. The van der Waals surface area contributed by atoms with Gasteiger partial charge in [-0.15, -0.1) is 11.8 Å². The molecular formula is C4H6ClNOS. The van der Waals surface area contributed by atoms with Crippen LogP contribution in [-0.2, 0) is 4.79 Å². The van der Waals surface area contributed by atoms with E-state index >= 15 is 0 Å². The van der Waals surface area contributed by atoms with E-state index in [1.807, 2.05) is 6.26 Å². The van der Waals surface area contributed by atoms with Crippen molar-refractivity contribution in [1.29, 1.82) is 0 Å². The zero-order chi connectivity index (χ0) is 6.20. The highest BCUT2D eigenvalue weighted by Crippen LogP contribution is 2.34. The van der Waals surface area contributed by atoms with E-state index in [-0.39, 0.29) is 5.91 Å². The number of carbonyl (C=O) groups excluding carboxylic acids is 1. The number of thioether (sulfide) groups is 1. The Morgan fingerprint density at radius 3 is 2.62 bits per heavy atom. The largest absolute Gasteiger partial charge is 0.328 e. The number of alkyl halides is 1. The molecule has 0 spiro atoms. The molecule has 1 aliphatic rings. The topological polar surface area (TPSA) is 29.1 Å². The molecule has 8 heavy (non-hydrogen) atoms. The lowest BCUT2D eigenvalue weighted by Gasteiger charge is -2.34. The Morgan fingerprint density at radius 2 is 2.50 bits per heavy atom. The van der Waals surface area contributed by atoms with Gasteiger partial charge in [-0.2, -0.15) is 0 Å². The maximum atomic E-state index is 10.3. The Morgan fingerprint density at radius 1 is 2.00 bits per heavy atom. The molecule has 2 nitrogen and oxygen atoms in total. The van der Waals surface area contributed by atoms with Gasteiger partial charge in [-0.1, -0.05) is 11.6 Å². The molecule has 0 aliphatic carbocycles. The number of rotatable bonds is 1. The van der Waals surface area contributed by atoms with Crippen LogP contribution in [0.5, 0.6) is 0 Å². The summed E-state index contributed by atoms with van der Waals surface area (Å²) in [5.41, 5.74) is 0. The van der Waals surface area contributed by atoms with Crippen LogP contribution in [0.1, 0.15) is 6.42 Å². The number of halogens is 1. The quantitative estimate of drug-likeness (QED) is 0.341. The predicted molar refractivity (Wildman–Crippen MR) is 34.9 cm³/mol. The van der Waals surface area contributed by atoms with Crippen LogP contribution >= 0.6 is 23.4 Å². The number of nitrogens with one attached hydrogen (secondary N) is 1. The molecule has 1 fully saturated rings. The van der Waals surface area contributed by atoms with Crippen LogP contribution in [0.2, 0.25) is 0 Å². The van der Waals surface area contributed by atoms with Crippen molar-refractivity contribution >= 4 is 29.3 Å². The molecule has 1 aliphatic heterocycles. The predicted octanol–water partition coefficient (Wildman–Crippen LogP) is 0.762. The van der Waals surface area contributed by atoms with Gasteiger partial charge in [0.25, 0.3) is 0 Å². The van der Waals surface area contributed by atoms with E-state index < -0.39 is 4.33 Å². The highest BCUT2D eigenvalue weighted by molar-refractivity contribution is 8.01. The van der Waals surface area contributed by atoms with Crippen molar-refractivity contribution in [3.05, 3.63) is 0 Å². The van der Waals surface area contributed by atoms with Gasteiger partial charge < -0.3 is 5.32 Å². The number of hydrogen-bond acceptors (Lipinski definition) is 2. The van der Waals surface area contributed by atoms with E-state index in [4.69, 9.17) is 11.6 Å². The maximum absolute atomic E-state index is 10.3. The summed E-state index contributed by atoms with van der Waals surface area (Å²) >= 11 is 7.17. The van der Waals surface area contributed by atoms with Crippen LogP contribution in [0.15, 0.2) is 0 Å². The monoisotopic (exact) mass is 151 g/mol. The minimum Gasteiger partial charge on any atom is -0.328 e. The van der Waals surface area contributed by atoms with Crippen LogP contribution in [0.3, 0.4) is 0 Å². The lowest BCUT2D eigenvalue weighted by molar-refractivity contribution is -0.127. The molecule has 0 aromatic rings. The first-order valence-corrected chi connectivity index (χ1v) is 3.82. The molecule has 1 unspecified atom stereocenters. The smallest absolute Gasteiger partial charge is 0.226 e. The SMILES string of the molecule is CSC1(Cl)CC(=O)N1. The molecule has 0 aromatic carbocycles. The van der Waals surface area contributed by atoms with E-state index in [1.165, 1.54) is 11.8 Å². The van der Waals surface area contributed by atoms with Crippen molar-refractivity contribution in [2.24, 2.45) is 0 Å². The third-order valence-corrected chi connectivity index (χ3v) is 2.62. The number of carbonyl (C=O) groups is 1. The van der Waals surface area contributed by atoms with Gasteiger partial charge in [-0.3, -0.25) is 4.79 Å². The molecule has 0 bridgehead atoms. The van der Waals surface area contributed by atoms with Gasteiger partial charge in [-0.25, -0.2) is 0 Å². The van der Waals surface area contributed by atoms with Gasteiger partial charge in [-0.05, 0) is 6.26 Å².